The molecule has 3 rings (SSSR count). The third-order valence-corrected chi connectivity index (χ3v) is 5.57. The third-order valence-electron chi connectivity index (χ3n) is 5.57. The number of rotatable bonds is 7. The van der Waals surface area contributed by atoms with Crippen molar-refractivity contribution in [3.8, 4) is 16.9 Å². The predicted octanol–water partition coefficient (Wildman–Crippen LogP) is 5.77. The maximum absolute atomic E-state index is 14.5. The first-order valence-electron chi connectivity index (χ1n) is 10.2. The molecular formula is C24H31ClFNO2. The second-order valence-electron chi connectivity index (χ2n) is 7.76. The number of halogens is 2. The van der Waals surface area contributed by atoms with E-state index in [9.17, 15) is 9.18 Å². The lowest BCUT2D eigenvalue weighted by molar-refractivity contribution is 0.112. The largest absolute Gasteiger partial charge is 0.489 e. The van der Waals surface area contributed by atoms with Gasteiger partial charge in [-0.15, -0.1) is 12.4 Å². The lowest BCUT2D eigenvalue weighted by Gasteiger charge is -2.36. The molecule has 0 fully saturated rings. The van der Waals surface area contributed by atoms with Crippen molar-refractivity contribution in [1.82, 2.24) is 4.90 Å². The van der Waals surface area contributed by atoms with Gasteiger partial charge < -0.3 is 4.74 Å². The number of aldehydes is 1. The van der Waals surface area contributed by atoms with Crippen LogP contribution in [0.3, 0.4) is 0 Å². The van der Waals surface area contributed by atoms with E-state index in [4.69, 9.17) is 4.74 Å². The van der Waals surface area contributed by atoms with Gasteiger partial charge in [-0.25, -0.2) is 4.39 Å². The molecule has 0 aliphatic carbocycles. The Balaban J connectivity index is 0.00000300. The maximum Gasteiger partial charge on any atom is 0.165 e. The van der Waals surface area contributed by atoms with Gasteiger partial charge in [-0.05, 0) is 86.7 Å². The smallest absolute Gasteiger partial charge is 0.165 e. The highest BCUT2D eigenvalue weighted by Gasteiger charge is 2.29. The Kier molecular flexibility index (Phi) is 8.23. The standard InChI is InChI=1S/C24H30FNO2.ClH/c1-5-9-26(10-6-2)19-13-21-20(7-8-22(25)24(21)28-15-19)23-16(3)11-18(14-27)12-17(23)4;/h7-8,11-12,14,19H,5-6,9-10,13,15H2,1-4H3;1H/t19-;/m1./s1. The van der Waals surface area contributed by atoms with Crippen molar-refractivity contribution in [1.29, 1.82) is 0 Å². The van der Waals surface area contributed by atoms with Gasteiger partial charge in [0.25, 0.3) is 0 Å². The van der Waals surface area contributed by atoms with Crippen LogP contribution in [0.25, 0.3) is 11.1 Å². The zero-order valence-electron chi connectivity index (χ0n) is 17.8. The van der Waals surface area contributed by atoms with E-state index in [1.54, 1.807) is 0 Å². The van der Waals surface area contributed by atoms with Crippen LogP contribution < -0.4 is 4.74 Å². The average molecular weight is 420 g/mol. The molecule has 3 nitrogen and oxygen atoms in total. The number of benzene rings is 2. The first-order chi connectivity index (χ1) is 13.5. The molecule has 1 aliphatic heterocycles. The van der Waals surface area contributed by atoms with Gasteiger partial charge in [0.1, 0.15) is 12.9 Å². The fraction of sp³-hybridized carbons (Fsp3) is 0.458. The van der Waals surface area contributed by atoms with E-state index in [0.717, 1.165) is 66.5 Å². The summed E-state index contributed by atoms with van der Waals surface area (Å²) in [6.45, 7) is 11.0. The monoisotopic (exact) mass is 419 g/mol. The summed E-state index contributed by atoms with van der Waals surface area (Å²) in [5.41, 5.74) is 5.75. The quantitative estimate of drug-likeness (QED) is 0.533. The number of hydrogen-bond acceptors (Lipinski definition) is 3. The maximum atomic E-state index is 14.5. The van der Waals surface area contributed by atoms with Gasteiger partial charge in [-0.1, -0.05) is 19.9 Å². The lowest BCUT2D eigenvalue weighted by atomic mass is 9.87. The van der Waals surface area contributed by atoms with Crippen LogP contribution in [0.1, 0.15) is 53.7 Å². The first kappa shape index (κ1) is 23.4. The molecule has 0 N–H and O–H groups in total. The van der Waals surface area contributed by atoms with Gasteiger partial charge in [0, 0.05) is 17.2 Å². The number of fused-ring (bicyclic) bond motifs is 1. The predicted molar refractivity (Wildman–Crippen MR) is 119 cm³/mol. The van der Waals surface area contributed by atoms with E-state index in [2.05, 4.69) is 18.7 Å². The van der Waals surface area contributed by atoms with E-state index < -0.39 is 0 Å². The van der Waals surface area contributed by atoms with Crippen LogP contribution in [-0.4, -0.2) is 36.9 Å². The van der Waals surface area contributed by atoms with Crippen molar-refractivity contribution in [2.75, 3.05) is 19.7 Å². The molecule has 0 bridgehead atoms. The summed E-state index contributed by atoms with van der Waals surface area (Å²) in [5, 5.41) is 0. The minimum Gasteiger partial charge on any atom is -0.489 e. The number of carbonyl (C=O) groups excluding carboxylic acids is 1. The zero-order valence-corrected chi connectivity index (χ0v) is 18.6. The number of hydrogen-bond donors (Lipinski definition) is 0. The summed E-state index contributed by atoms with van der Waals surface area (Å²) >= 11 is 0. The van der Waals surface area contributed by atoms with Crippen LogP contribution in [-0.2, 0) is 6.42 Å². The average Bonchev–Trinajstić information content (AvgIpc) is 2.68. The van der Waals surface area contributed by atoms with E-state index in [-0.39, 0.29) is 24.3 Å². The molecule has 158 valence electrons. The minimum atomic E-state index is -0.297. The Hall–Kier alpha value is -1.91. The normalized spacial score (nSPS) is 15.4. The molecule has 1 aliphatic rings. The highest BCUT2D eigenvalue weighted by molar-refractivity contribution is 5.85. The molecule has 0 unspecified atom stereocenters. The third kappa shape index (κ3) is 4.81. The Morgan fingerprint density at radius 3 is 2.31 bits per heavy atom. The number of aryl methyl sites for hydroxylation is 2. The Morgan fingerprint density at radius 2 is 1.76 bits per heavy atom. The number of ether oxygens (including phenoxy) is 1. The second-order valence-corrected chi connectivity index (χ2v) is 7.76. The second kappa shape index (κ2) is 10.2. The molecule has 1 heterocycles. The summed E-state index contributed by atoms with van der Waals surface area (Å²) in [7, 11) is 0. The lowest BCUT2D eigenvalue weighted by Crippen LogP contribution is -2.44. The first-order valence-corrected chi connectivity index (χ1v) is 10.2. The molecule has 0 radical (unpaired) electrons. The van der Waals surface area contributed by atoms with E-state index in [1.807, 2.05) is 32.0 Å². The summed E-state index contributed by atoms with van der Waals surface area (Å²) in [6.07, 6.45) is 3.82. The van der Waals surface area contributed by atoms with Crippen molar-refractivity contribution in [2.45, 2.75) is 53.0 Å². The number of nitrogens with zero attached hydrogens (tertiary/aromatic N) is 1. The minimum absolute atomic E-state index is 0. The highest BCUT2D eigenvalue weighted by Crippen LogP contribution is 2.40. The molecular weight excluding hydrogens is 389 g/mol. The molecule has 0 aromatic heterocycles. The molecule has 2 aromatic rings. The Labute approximate surface area is 179 Å². The van der Waals surface area contributed by atoms with Crippen LogP contribution in [0.2, 0.25) is 0 Å². The van der Waals surface area contributed by atoms with Crippen molar-refractivity contribution >= 4 is 18.7 Å². The van der Waals surface area contributed by atoms with Gasteiger partial charge in [0.2, 0.25) is 0 Å². The molecule has 0 spiro atoms. The van der Waals surface area contributed by atoms with Crippen molar-refractivity contribution < 1.29 is 13.9 Å². The zero-order chi connectivity index (χ0) is 20.3. The van der Waals surface area contributed by atoms with E-state index in [1.165, 1.54) is 6.07 Å². The highest BCUT2D eigenvalue weighted by atomic mass is 35.5. The molecule has 1 atom stereocenters. The SMILES string of the molecule is CCCN(CCC)[C@H]1COc2c(F)ccc(-c3c(C)cc(C=O)cc3C)c2C1.Cl. The van der Waals surface area contributed by atoms with Gasteiger partial charge in [0.05, 0.1) is 0 Å². The molecule has 0 amide bonds. The van der Waals surface area contributed by atoms with Crippen molar-refractivity contribution in [3.05, 3.63) is 52.3 Å². The summed E-state index contributed by atoms with van der Waals surface area (Å²) in [6, 6.07) is 7.40. The molecule has 5 heteroatoms. The van der Waals surface area contributed by atoms with E-state index in [0.29, 0.717) is 17.9 Å². The molecule has 0 saturated heterocycles. The van der Waals surface area contributed by atoms with Gasteiger partial charge in [0.15, 0.2) is 11.6 Å². The number of carbonyl (C=O) groups is 1. The van der Waals surface area contributed by atoms with Crippen LogP contribution in [0.15, 0.2) is 24.3 Å². The van der Waals surface area contributed by atoms with Crippen LogP contribution in [0.5, 0.6) is 5.75 Å². The molecule has 0 saturated carbocycles. The summed E-state index contributed by atoms with van der Waals surface area (Å²) < 4.78 is 20.5. The van der Waals surface area contributed by atoms with Crippen LogP contribution in [0.4, 0.5) is 4.39 Å². The van der Waals surface area contributed by atoms with Crippen molar-refractivity contribution in [3.63, 3.8) is 0 Å². The fourth-order valence-electron chi connectivity index (χ4n) is 4.44. The van der Waals surface area contributed by atoms with E-state index >= 15 is 0 Å². The Morgan fingerprint density at radius 1 is 1.14 bits per heavy atom. The van der Waals surface area contributed by atoms with Crippen LogP contribution in [0, 0.1) is 19.7 Å². The molecule has 29 heavy (non-hydrogen) atoms. The van der Waals surface area contributed by atoms with Crippen molar-refractivity contribution in [2.24, 2.45) is 0 Å². The van der Waals surface area contributed by atoms with Gasteiger partial charge >= 0.3 is 0 Å². The summed E-state index contributed by atoms with van der Waals surface area (Å²) in [5.74, 6) is 0.0921. The Bertz CT molecular complexity index is 839. The topological polar surface area (TPSA) is 29.5 Å². The van der Waals surface area contributed by atoms with Gasteiger partial charge in [-0.3, -0.25) is 9.69 Å². The summed E-state index contributed by atoms with van der Waals surface area (Å²) in [4.78, 5) is 13.7. The fourth-order valence-corrected chi connectivity index (χ4v) is 4.44. The van der Waals surface area contributed by atoms with Crippen LogP contribution >= 0.6 is 12.4 Å². The van der Waals surface area contributed by atoms with Gasteiger partial charge in [-0.2, -0.15) is 0 Å². The molecule has 2 aromatic carbocycles.